The molecule has 0 aromatic rings. The molecule has 0 amide bonds. The summed E-state index contributed by atoms with van der Waals surface area (Å²) in [7, 11) is 0. The van der Waals surface area contributed by atoms with E-state index in [1.54, 1.807) is 6.92 Å². The predicted octanol–water partition coefficient (Wildman–Crippen LogP) is 1.55. The third-order valence-corrected chi connectivity index (χ3v) is 3.08. The van der Waals surface area contributed by atoms with Gasteiger partial charge in [-0.2, -0.15) is 0 Å². The van der Waals surface area contributed by atoms with Gasteiger partial charge in [-0.1, -0.05) is 6.92 Å². The molecule has 0 aromatic carbocycles. The largest absolute Gasteiger partial charge is 0.465 e. The molecular weight excluding hydrogens is 168 g/mol. The summed E-state index contributed by atoms with van der Waals surface area (Å²) >= 11 is 0. The van der Waals surface area contributed by atoms with E-state index in [4.69, 9.17) is 4.74 Å². The fraction of sp³-hybridized carbons (Fsp3) is 0.800. The van der Waals surface area contributed by atoms with Gasteiger partial charge in [0.05, 0.1) is 6.61 Å². The Morgan fingerprint density at radius 2 is 2.15 bits per heavy atom. The van der Waals surface area contributed by atoms with Gasteiger partial charge in [0.1, 0.15) is 11.2 Å². The molecule has 1 aliphatic carbocycles. The number of rotatable bonds is 3. The van der Waals surface area contributed by atoms with Crippen LogP contribution in [0, 0.1) is 11.3 Å². The zero-order chi connectivity index (χ0) is 10.1. The van der Waals surface area contributed by atoms with Crippen LogP contribution in [0.15, 0.2) is 0 Å². The lowest BCUT2D eigenvalue weighted by Crippen LogP contribution is -2.51. The van der Waals surface area contributed by atoms with Gasteiger partial charge in [0.15, 0.2) is 0 Å². The third kappa shape index (κ3) is 1.36. The number of esters is 1. The second-order valence-electron chi connectivity index (χ2n) is 3.69. The highest BCUT2D eigenvalue weighted by Crippen LogP contribution is 2.48. The van der Waals surface area contributed by atoms with Gasteiger partial charge in [0.25, 0.3) is 0 Å². The molecule has 2 unspecified atom stereocenters. The highest BCUT2D eigenvalue weighted by atomic mass is 16.5. The van der Waals surface area contributed by atoms with Crippen LogP contribution in [0.1, 0.15) is 33.6 Å². The summed E-state index contributed by atoms with van der Waals surface area (Å²) in [6, 6.07) is 0. The van der Waals surface area contributed by atoms with Crippen molar-refractivity contribution in [1.82, 2.24) is 0 Å². The first-order valence-electron chi connectivity index (χ1n) is 4.74. The molecule has 0 saturated heterocycles. The number of hydrogen-bond donors (Lipinski definition) is 0. The Bertz CT molecular complexity index is 234. The second kappa shape index (κ2) is 3.48. The molecule has 2 atom stereocenters. The van der Waals surface area contributed by atoms with Gasteiger partial charge in [0, 0.05) is 0 Å². The topological polar surface area (TPSA) is 43.4 Å². The van der Waals surface area contributed by atoms with E-state index in [2.05, 4.69) is 0 Å². The molecule has 0 aliphatic heterocycles. The van der Waals surface area contributed by atoms with Crippen LogP contribution in [0.25, 0.3) is 0 Å². The Morgan fingerprint density at radius 3 is 2.38 bits per heavy atom. The fourth-order valence-corrected chi connectivity index (χ4v) is 1.95. The predicted molar refractivity (Wildman–Crippen MR) is 48.1 cm³/mol. The van der Waals surface area contributed by atoms with Crippen LogP contribution in [0.4, 0.5) is 0 Å². The van der Waals surface area contributed by atoms with Crippen LogP contribution in [-0.4, -0.2) is 18.4 Å². The fourth-order valence-electron chi connectivity index (χ4n) is 1.95. The van der Waals surface area contributed by atoms with Crippen molar-refractivity contribution in [3.8, 4) is 0 Å². The van der Waals surface area contributed by atoms with E-state index in [1.807, 2.05) is 6.92 Å². The van der Waals surface area contributed by atoms with Gasteiger partial charge in [-0.15, -0.1) is 0 Å². The minimum Gasteiger partial charge on any atom is -0.465 e. The van der Waals surface area contributed by atoms with Crippen molar-refractivity contribution >= 4 is 11.8 Å². The zero-order valence-electron chi connectivity index (χ0n) is 8.42. The van der Waals surface area contributed by atoms with Gasteiger partial charge in [-0.25, -0.2) is 0 Å². The maximum atomic E-state index is 11.6. The molecule has 1 aliphatic rings. The molecule has 3 nitrogen and oxygen atoms in total. The number of ether oxygens (including phenoxy) is 1. The van der Waals surface area contributed by atoms with E-state index in [1.165, 1.54) is 6.92 Å². The zero-order valence-corrected chi connectivity index (χ0v) is 8.42. The molecule has 0 heterocycles. The summed E-state index contributed by atoms with van der Waals surface area (Å²) in [4.78, 5) is 22.9. The summed E-state index contributed by atoms with van der Waals surface area (Å²) in [6.45, 7) is 5.52. The van der Waals surface area contributed by atoms with Crippen molar-refractivity contribution in [3.05, 3.63) is 0 Å². The number of Topliss-reactive ketones (excluding diaryl/α,β-unsaturated/α-hetero) is 1. The van der Waals surface area contributed by atoms with Gasteiger partial charge in [-0.3, -0.25) is 9.59 Å². The first kappa shape index (κ1) is 10.2. The Kier molecular flexibility index (Phi) is 2.74. The standard InChI is InChI=1S/C10H16O3/c1-4-13-9(12)10(8(3)11)6-5-7(10)2/h7H,4-6H2,1-3H3. The van der Waals surface area contributed by atoms with Crippen molar-refractivity contribution in [3.63, 3.8) is 0 Å². The Morgan fingerprint density at radius 1 is 1.54 bits per heavy atom. The van der Waals surface area contributed by atoms with Gasteiger partial charge in [0.2, 0.25) is 0 Å². The number of carbonyl (C=O) groups excluding carboxylic acids is 2. The third-order valence-electron chi connectivity index (χ3n) is 3.08. The first-order valence-corrected chi connectivity index (χ1v) is 4.74. The Balaban J connectivity index is 2.80. The summed E-state index contributed by atoms with van der Waals surface area (Å²) in [5, 5.41) is 0. The lowest BCUT2D eigenvalue weighted by atomic mass is 9.59. The molecule has 0 N–H and O–H groups in total. The SMILES string of the molecule is CCOC(=O)C1(C(C)=O)CCC1C. The summed E-state index contributed by atoms with van der Waals surface area (Å²) in [5.41, 5.74) is -0.810. The normalized spacial score (nSPS) is 32.1. The van der Waals surface area contributed by atoms with E-state index < -0.39 is 5.41 Å². The van der Waals surface area contributed by atoms with Crippen LogP contribution >= 0.6 is 0 Å². The summed E-state index contributed by atoms with van der Waals surface area (Å²) in [5.74, 6) is -0.241. The van der Waals surface area contributed by atoms with E-state index in [0.29, 0.717) is 13.0 Å². The molecule has 74 valence electrons. The molecular formula is C10H16O3. The molecule has 3 heteroatoms. The van der Waals surface area contributed by atoms with E-state index in [0.717, 1.165) is 6.42 Å². The van der Waals surface area contributed by atoms with Crippen molar-refractivity contribution in [2.45, 2.75) is 33.6 Å². The molecule has 1 rings (SSSR count). The van der Waals surface area contributed by atoms with Crippen LogP contribution in [0.5, 0.6) is 0 Å². The number of hydrogen-bond acceptors (Lipinski definition) is 3. The molecule has 0 spiro atoms. The minimum absolute atomic E-state index is 0.0512. The minimum atomic E-state index is -0.810. The van der Waals surface area contributed by atoms with Crippen LogP contribution in [0.3, 0.4) is 0 Å². The smallest absolute Gasteiger partial charge is 0.319 e. The van der Waals surface area contributed by atoms with E-state index in [-0.39, 0.29) is 17.7 Å². The lowest BCUT2D eigenvalue weighted by molar-refractivity contribution is -0.171. The highest BCUT2D eigenvalue weighted by Gasteiger charge is 2.55. The van der Waals surface area contributed by atoms with E-state index >= 15 is 0 Å². The second-order valence-corrected chi connectivity index (χ2v) is 3.69. The molecule has 1 saturated carbocycles. The van der Waals surface area contributed by atoms with Crippen LogP contribution < -0.4 is 0 Å². The van der Waals surface area contributed by atoms with E-state index in [9.17, 15) is 9.59 Å². The summed E-state index contributed by atoms with van der Waals surface area (Å²) < 4.78 is 4.92. The van der Waals surface area contributed by atoms with Crippen molar-refractivity contribution < 1.29 is 14.3 Å². The molecule has 1 fully saturated rings. The molecule has 0 radical (unpaired) electrons. The molecule has 0 aromatic heterocycles. The van der Waals surface area contributed by atoms with Crippen molar-refractivity contribution in [2.24, 2.45) is 11.3 Å². The van der Waals surface area contributed by atoms with Crippen LogP contribution in [-0.2, 0) is 14.3 Å². The number of ketones is 1. The van der Waals surface area contributed by atoms with Crippen LogP contribution in [0.2, 0.25) is 0 Å². The van der Waals surface area contributed by atoms with Gasteiger partial charge < -0.3 is 4.74 Å². The quantitative estimate of drug-likeness (QED) is 0.493. The molecule has 0 bridgehead atoms. The average Bonchev–Trinajstić information content (AvgIpc) is 2.02. The Labute approximate surface area is 78.5 Å². The Hall–Kier alpha value is -0.860. The molecule has 13 heavy (non-hydrogen) atoms. The number of carbonyl (C=O) groups is 2. The summed E-state index contributed by atoms with van der Waals surface area (Å²) in [6.07, 6.45) is 1.60. The lowest BCUT2D eigenvalue weighted by Gasteiger charge is -2.43. The maximum Gasteiger partial charge on any atom is 0.319 e. The average molecular weight is 184 g/mol. The maximum absolute atomic E-state index is 11.6. The monoisotopic (exact) mass is 184 g/mol. The highest BCUT2D eigenvalue weighted by molar-refractivity contribution is 6.04. The van der Waals surface area contributed by atoms with Gasteiger partial charge >= 0.3 is 5.97 Å². The van der Waals surface area contributed by atoms with Gasteiger partial charge in [-0.05, 0) is 32.6 Å². The first-order chi connectivity index (χ1) is 6.05. The van der Waals surface area contributed by atoms with Crippen molar-refractivity contribution in [2.75, 3.05) is 6.61 Å². The van der Waals surface area contributed by atoms with Crippen molar-refractivity contribution in [1.29, 1.82) is 0 Å².